The van der Waals surface area contributed by atoms with Crippen molar-refractivity contribution >= 4 is 38.6 Å². The molecule has 41 heavy (non-hydrogen) atoms. The summed E-state index contributed by atoms with van der Waals surface area (Å²) in [6.45, 7) is 2.28. The van der Waals surface area contributed by atoms with Gasteiger partial charge in [-0.05, 0) is 66.1 Å². The molecule has 0 radical (unpaired) electrons. The second kappa shape index (κ2) is 10.3. The third kappa shape index (κ3) is 5.07. The molecule has 1 aliphatic heterocycles. The highest BCUT2D eigenvalue weighted by Gasteiger charge is 2.41. The molecule has 2 fully saturated rings. The van der Waals surface area contributed by atoms with Crippen LogP contribution in [-0.4, -0.2) is 58.8 Å². The van der Waals surface area contributed by atoms with E-state index in [0.717, 1.165) is 5.56 Å². The van der Waals surface area contributed by atoms with E-state index in [1.807, 2.05) is 13.0 Å². The van der Waals surface area contributed by atoms with Crippen LogP contribution in [-0.2, 0) is 19.4 Å². The van der Waals surface area contributed by atoms with Gasteiger partial charge in [0.1, 0.15) is 16.5 Å². The van der Waals surface area contributed by atoms with Crippen LogP contribution in [0.4, 0.5) is 20.4 Å². The zero-order valence-electron chi connectivity index (χ0n) is 22.4. The van der Waals surface area contributed by atoms with E-state index in [-0.39, 0.29) is 36.3 Å². The third-order valence-electron chi connectivity index (χ3n) is 8.09. The molecule has 1 saturated heterocycles. The molecule has 4 atom stereocenters. The number of hydrogen-bond donors (Lipinski definition) is 2. The highest BCUT2D eigenvalue weighted by atomic mass is 35.5. The lowest BCUT2D eigenvalue weighted by Crippen LogP contribution is -2.48. The second-order valence-corrected chi connectivity index (χ2v) is 14.0. The Morgan fingerprint density at radius 3 is 2.51 bits per heavy atom. The highest BCUT2D eigenvalue weighted by molar-refractivity contribution is 7.91. The van der Waals surface area contributed by atoms with Gasteiger partial charge in [-0.25, -0.2) is 22.2 Å². The van der Waals surface area contributed by atoms with Crippen molar-refractivity contribution in [1.29, 1.82) is 0 Å². The Morgan fingerprint density at radius 1 is 1.15 bits per heavy atom. The fraction of sp³-hybridized carbons (Fsp3) is 0.393. The number of imidazole rings is 1. The number of nitrogens with two attached hydrogens (primary N) is 1. The number of anilines is 2. The Hall–Kier alpha value is -3.19. The molecule has 216 valence electrons. The number of hydrogen-bond acceptors (Lipinski definition) is 8. The molecule has 3 N–H and O–H groups in total. The first-order valence-electron chi connectivity index (χ1n) is 13.2. The summed E-state index contributed by atoms with van der Waals surface area (Å²) >= 11 is 6.41. The lowest BCUT2D eigenvalue weighted by molar-refractivity contribution is -0.0154. The number of alkyl halides is 1. The highest BCUT2D eigenvalue weighted by Crippen LogP contribution is 2.42. The van der Waals surface area contributed by atoms with Crippen LogP contribution in [0.15, 0.2) is 48.9 Å². The van der Waals surface area contributed by atoms with E-state index in [1.54, 1.807) is 24.7 Å². The quantitative estimate of drug-likeness (QED) is 0.309. The molecule has 0 amide bonds. The maximum atomic E-state index is 15.2. The normalized spacial score (nSPS) is 24.2. The van der Waals surface area contributed by atoms with Gasteiger partial charge in [0, 0.05) is 18.5 Å². The number of pyridine rings is 1. The largest absolute Gasteiger partial charge is 0.377 e. The Kier molecular flexibility index (Phi) is 7.00. The van der Waals surface area contributed by atoms with Crippen LogP contribution in [0.25, 0.3) is 16.8 Å². The van der Waals surface area contributed by atoms with Crippen molar-refractivity contribution in [3.8, 4) is 11.3 Å². The molecule has 2 aliphatic rings. The summed E-state index contributed by atoms with van der Waals surface area (Å²) < 4.78 is 61.7. The third-order valence-corrected chi connectivity index (χ3v) is 10.3. The Bertz CT molecular complexity index is 1710. The van der Waals surface area contributed by atoms with E-state index < -0.39 is 37.6 Å². The van der Waals surface area contributed by atoms with Crippen molar-refractivity contribution in [3.05, 3.63) is 71.7 Å². The van der Waals surface area contributed by atoms with E-state index >= 15 is 8.78 Å². The average Bonchev–Trinajstić information content (AvgIpc) is 3.28. The van der Waals surface area contributed by atoms with Crippen molar-refractivity contribution in [2.45, 2.75) is 41.8 Å². The fourth-order valence-corrected chi connectivity index (χ4v) is 8.13. The predicted octanol–water partition coefficient (Wildman–Crippen LogP) is 4.53. The minimum absolute atomic E-state index is 0.00810. The van der Waals surface area contributed by atoms with Crippen molar-refractivity contribution in [3.63, 3.8) is 0 Å². The summed E-state index contributed by atoms with van der Waals surface area (Å²) in [6, 6.07) is 7.03. The van der Waals surface area contributed by atoms with Crippen LogP contribution in [0.5, 0.6) is 0 Å². The standard InChI is InChI=1S/C28H29ClF2N6O3S/c1-15-7-16(8-22(32)26(15)41(2,38)39)19-5-6-33-12-24(19)35-27-34-11-18-3-4-23(36-37(18)27)25-20(30)9-17(10-21(25)31)28(29)13-40-14-28/h3-6,9-12,15-16,22,26H,7-8,13-14,32H2,1-2H3,(H,34,35). The van der Waals surface area contributed by atoms with Crippen molar-refractivity contribution in [2.24, 2.45) is 11.7 Å². The SMILES string of the molecule is CC1CC(c2ccncc2Nc2ncc3ccc(-c4c(F)cc(C5(Cl)COC5)cc4F)nn23)CC(N)C1S(C)(=O)=O. The maximum Gasteiger partial charge on any atom is 0.229 e. The van der Waals surface area contributed by atoms with Crippen LogP contribution >= 0.6 is 11.6 Å². The zero-order chi connectivity index (χ0) is 29.1. The summed E-state index contributed by atoms with van der Waals surface area (Å²) in [7, 11) is -3.29. The summed E-state index contributed by atoms with van der Waals surface area (Å²) in [5, 5.41) is 7.17. The number of fused-ring (bicyclic) bond motifs is 1. The lowest BCUT2D eigenvalue weighted by atomic mass is 9.76. The molecule has 0 spiro atoms. The molecule has 0 bridgehead atoms. The molecular weight excluding hydrogens is 574 g/mol. The van der Waals surface area contributed by atoms with Crippen LogP contribution < -0.4 is 11.1 Å². The predicted molar refractivity (Wildman–Crippen MR) is 152 cm³/mol. The number of halogens is 3. The molecule has 4 heterocycles. The van der Waals surface area contributed by atoms with Gasteiger partial charge in [-0.15, -0.1) is 11.6 Å². The van der Waals surface area contributed by atoms with E-state index in [4.69, 9.17) is 22.1 Å². The summed E-state index contributed by atoms with van der Waals surface area (Å²) in [6.07, 6.45) is 7.30. The smallest absolute Gasteiger partial charge is 0.229 e. The van der Waals surface area contributed by atoms with E-state index in [9.17, 15) is 8.42 Å². The topological polar surface area (TPSA) is 124 Å². The van der Waals surface area contributed by atoms with Crippen LogP contribution in [0.2, 0.25) is 0 Å². The number of rotatable bonds is 6. The van der Waals surface area contributed by atoms with Crippen molar-refractivity contribution in [2.75, 3.05) is 24.8 Å². The molecule has 1 aromatic carbocycles. The first-order chi connectivity index (χ1) is 19.4. The number of nitrogens with zero attached hydrogens (tertiary/aromatic N) is 4. The van der Waals surface area contributed by atoms with Crippen molar-refractivity contribution < 1.29 is 21.9 Å². The van der Waals surface area contributed by atoms with Crippen LogP contribution in [0, 0.1) is 17.6 Å². The molecular formula is C28H29ClF2N6O3S. The van der Waals surface area contributed by atoms with Gasteiger partial charge in [0.15, 0.2) is 9.84 Å². The molecule has 9 nitrogen and oxygen atoms in total. The lowest BCUT2D eigenvalue weighted by Gasteiger charge is -2.38. The van der Waals surface area contributed by atoms with E-state index in [1.165, 1.54) is 29.0 Å². The van der Waals surface area contributed by atoms with Crippen LogP contribution in [0.3, 0.4) is 0 Å². The second-order valence-electron chi connectivity index (χ2n) is 11.1. The average molecular weight is 603 g/mol. The molecule has 6 rings (SSSR count). The number of ether oxygens (including phenoxy) is 1. The van der Waals surface area contributed by atoms with Crippen molar-refractivity contribution in [1.82, 2.24) is 19.6 Å². The molecule has 13 heteroatoms. The first kappa shape index (κ1) is 28.0. The fourth-order valence-electron chi connectivity index (χ4n) is 6.17. The molecule has 1 saturated carbocycles. The summed E-state index contributed by atoms with van der Waals surface area (Å²) in [5.41, 5.74) is 8.68. The summed E-state index contributed by atoms with van der Waals surface area (Å²) in [5.74, 6) is -1.37. The van der Waals surface area contributed by atoms with Gasteiger partial charge in [0.05, 0.1) is 53.3 Å². The van der Waals surface area contributed by atoms with Gasteiger partial charge in [0.25, 0.3) is 0 Å². The van der Waals surface area contributed by atoms with Gasteiger partial charge >= 0.3 is 0 Å². The number of sulfone groups is 1. The maximum absolute atomic E-state index is 15.2. The number of benzene rings is 1. The molecule has 4 unspecified atom stereocenters. The number of aromatic nitrogens is 4. The Labute approximate surface area is 241 Å². The minimum atomic E-state index is -3.29. The van der Waals surface area contributed by atoms with Crippen LogP contribution in [0.1, 0.15) is 36.8 Å². The first-order valence-corrected chi connectivity index (χ1v) is 15.5. The van der Waals surface area contributed by atoms with Gasteiger partial charge < -0.3 is 15.8 Å². The van der Waals surface area contributed by atoms with E-state index in [2.05, 4.69) is 20.4 Å². The van der Waals surface area contributed by atoms with Gasteiger partial charge in [-0.2, -0.15) is 9.61 Å². The zero-order valence-corrected chi connectivity index (χ0v) is 24.0. The molecule has 1 aliphatic carbocycles. The molecule has 4 aromatic rings. The van der Waals surface area contributed by atoms with Gasteiger partial charge in [0.2, 0.25) is 5.95 Å². The van der Waals surface area contributed by atoms with Gasteiger partial charge in [-0.1, -0.05) is 6.92 Å². The Balaban J connectivity index is 1.32. The van der Waals surface area contributed by atoms with E-state index in [0.29, 0.717) is 35.6 Å². The van der Waals surface area contributed by atoms with Gasteiger partial charge in [-0.3, -0.25) is 4.98 Å². The monoisotopic (exact) mass is 602 g/mol. The molecule has 3 aromatic heterocycles. The summed E-state index contributed by atoms with van der Waals surface area (Å²) in [4.78, 5) is 7.75. The minimum Gasteiger partial charge on any atom is -0.377 e. The Morgan fingerprint density at radius 2 is 1.88 bits per heavy atom. The number of nitrogens with one attached hydrogen (secondary N) is 1.